The van der Waals surface area contributed by atoms with Gasteiger partial charge in [0.1, 0.15) is 22.5 Å². The van der Waals surface area contributed by atoms with E-state index in [1.54, 1.807) is 33.7 Å². The van der Waals surface area contributed by atoms with Crippen LogP contribution in [0.5, 0.6) is 0 Å². The minimum absolute atomic E-state index is 0.0832. The third-order valence-corrected chi connectivity index (χ3v) is 6.08. The molecule has 3 N–H and O–H groups in total. The number of rotatable bonds is 3. The lowest BCUT2D eigenvalue weighted by molar-refractivity contribution is -0.651. The number of carbonyl (C=O) groups is 2. The van der Waals surface area contributed by atoms with Crippen molar-refractivity contribution in [3.63, 3.8) is 0 Å². The van der Waals surface area contributed by atoms with Crippen LogP contribution in [0.2, 0.25) is 5.15 Å². The van der Waals surface area contributed by atoms with Crippen molar-refractivity contribution < 1.29 is 37.6 Å². The van der Waals surface area contributed by atoms with Crippen LogP contribution in [-0.4, -0.2) is 58.5 Å². The summed E-state index contributed by atoms with van der Waals surface area (Å²) in [5.41, 5.74) is 2.65. The van der Waals surface area contributed by atoms with Gasteiger partial charge in [0.05, 0.1) is 25.2 Å². The average Bonchev–Trinajstić information content (AvgIpc) is 2.98. The summed E-state index contributed by atoms with van der Waals surface area (Å²) < 4.78 is 47.7. The van der Waals surface area contributed by atoms with Gasteiger partial charge in [-0.2, -0.15) is 13.2 Å². The molecule has 0 atom stereocenters. The number of H-pyrrole nitrogens is 1. The SMILES string of the molecule is Cc1cc2c(=O)[nH]cc(Cc3ccc(F)c(C(=O)N4CCC[NH2+]CC4)c3)n2c1Cl.O=C([O-])C(F)(F)F. The molecule has 1 amide bonds. The number of amides is 1. The molecule has 194 valence electrons. The van der Waals surface area contributed by atoms with Crippen molar-refractivity contribution in [1.82, 2.24) is 14.3 Å². The number of benzene rings is 1. The van der Waals surface area contributed by atoms with Gasteiger partial charge in [-0.15, -0.1) is 0 Å². The highest BCUT2D eigenvalue weighted by Crippen LogP contribution is 2.23. The van der Waals surface area contributed by atoms with Gasteiger partial charge in [0.15, 0.2) is 0 Å². The second-order valence-corrected chi connectivity index (χ2v) is 8.59. The zero-order valence-corrected chi connectivity index (χ0v) is 19.9. The van der Waals surface area contributed by atoms with E-state index in [1.807, 2.05) is 6.92 Å². The van der Waals surface area contributed by atoms with E-state index < -0.39 is 18.0 Å². The van der Waals surface area contributed by atoms with Crippen molar-refractivity contribution in [3.05, 3.63) is 74.2 Å². The molecule has 0 radical (unpaired) electrons. The molecular formula is C23H23ClF4N4O4. The van der Waals surface area contributed by atoms with Gasteiger partial charge in [-0.25, -0.2) is 4.39 Å². The number of halogens is 5. The summed E-state index contributed by atoms with van der Waals surface area (Å²) in [6.07, 6.45) is -2.29. The van der Waals surface area contributed by atoms with Gasteiger partial charge >= 0.3 is 6.18 Å². The molecule has 13 heteroatoms. The van der Waals surface area contributed by atoms with Gasteiger partial charge in [0, 0.05) is 31.3 Å². The van der Waals surface area contributed by atoms with Crippen molar-refractivity contribution in [2.75, 3.05) is 26.2 Å². The Labute approximate surface area is 207 Å². The summed E-state index contributed by atoms with van der Waals surface area (Å²) in [5, 5.41) is 11.4. The molecule has 2 aromatic heterocycles. The average molecular weight is 531 g/mol. The number of hydrogen-bond donors (Lipinski definition) is 2. The number of quaternary nitrogens is 1. The number of alkyl halides is 3. The molecule has 0 unspecified atom stereocenters. The highest BCUT2D eigenvalue weighted by atomic mass is 35.5. The molecule has 1 fully saturated rings. The zero-order chi connectivity index (χ0) is 26.6. The largest absolute Gasteiger partial charge is 0.542 e. The maximum absolute atomic E-state index is 14.5. The first kappa shape index (κ1) is 27.2. The van der Waals surface area contributed by atoms with Crippen LogP contribution >= 0.6 is 11.6 Å². The summed E-state index contributed by atoms with van der Waals surface area (Å²) in [6, 6.07) is 6.33. The van der Waals surface area contributed by atoms with Gasteiger partial charge in [0.2, 0.25) is 0 Å². The third-order valence-electron chi connectivity index (χ3n) is 5.61. The molecule has 1 aromatic carbocycles. The molecule has 36 heavy (non-hydrogen) atoms. The predicted molar refractivity (Wildman–Crippen MR) is 120 cm³/mol. The highest BCUT2D eigenvalue weighted by molar-refractivity contribution is 6.30. The van der Waals surface area contributed by atoms with Crippen LogP contribution in [0.3, 0.4) is 0 Å². The first-order valence-corrected chi connectivity index (χ1v) is 11.3. The second-order valence-electron chi connectivity index (χ2n) is 8.24. The van der Waals surface area contributed by atoms with Crippen molar-refractivity contribution in [2.45, 2.75) is 25.9 Å². The second kappa shape index (κ2) is 11.1. The number of carboxylic acids is 1. The van der Waals surface area contributed by atoms with E-state index in [4.69, 9.17) is 21.5 Å². The van der Waals surface area contributed by atoms with Crippen LogP contribution in [0.25, 0.3) is 5.52 Å². The highest BCUT2D eigenvalue weighted by Gasteiger charge is 2.28. The number of fused-ring (bicyclic) bond motifs is 1. The van der Waals surface area contributed by atoms with Gasteiger partial charge in [-0.05, 0) is 36.2 Å². The van der Waals surface area contributed by atoms with Gasteiger partial charge < -0.3 is 25.1 Å². The van der Waals surface area contributed by atoms with Crippen LogP contribution in [0.1, 0.15) is 33.6 Å². The molecule has 0 bridgehead atoms. The topological polar surface area (TPSA) is 114 Å². The number of hydrogen-bond acceptors (Lipinski definition) is 4. The van der Waals surface area contributed by atoms with E-state index in [0.29, 0.717) is 30.2 Å². The molecule has 0 spiro atoms. The van der Waals surface area contributed by atoms with Crippen LogP contribution in [0.15, 0.2) is 35.3 Å². The van der Waals surface area contributed by atoms with E-state index in [-0.39, 0.29) is 17.0 Å². The lowest BCUT2D eigenvalue weighted by Crippen LogP contribution is -2.84. The molecule has 1 saturated heterocycles. The Morgan fingerprint density at radius 2 is 1.89 bits per heavy atom. The van der Waals surface area contributed by atoms with Crippen LogP contribution in [0, 0.1) is 12.7 Å². The summed E-state index contributed by atoms with van der Waals surface area (Å²) in [6.45, 7) is 4.89. The quantitative estimate of drug-likeness (QED) is 0.492. The van der Waals surface area contributed by atoms with Crippen LogP contribution in [0.4, 0.5) is 17.6 Å². The summed E-state index contributed by atoms with van der Waals surface area (Å²) in [5.74, 6) is -3.80. The Kier molecular flexibility index (Phi) is 8.41. The van der Waals surface area contributed by atoms with Gasteiger partial charge in [0.25, 0.3) is 11.5 Å². The minimum atomic E-state index is -5.19. The fourth-order valence-corrected chi connectivity index (χ4v) is 4.09. The van der Waals surface area contributed by atoms with E-state index in [2.05, 4.69) is 10.3 Å². The maximum Gasteiger partial charge on any atom is 0.430 e. The Bertz CT molecular complexity index is 1330. The fourth-order valence-electron chi connectivity index (χ4n) is 3.84. The molecule has 1 aliphatic rings. The molecule has 3 aromatic rings. The number of aliphatic carboxylic acids is 1. The Balaban J connectivity index is 0.000000454. The lowest BCUT2D eigenvalue weighted by atomic mass is 10.0. The minimum Gasteiger partial charge on any atom is -0.542 e. The van der Waals surface area contributed by atoms with Crippen LogP contribution < -0.4 is 16.0 Å². The van der Waals surface area contributed by atoms with Gasteiger partial charge in [-0.3, -0.25) is 14.0 Å². The first-order chi connectivity index (χ1) is 16.9. The molecule has 0 aliphatic carbocycles. The molecule has 0 saturated carbocycles. The fraction of sp³-hybridized carbons (Fsp3) is 0.348. The molecule has 1 aliphatic heterocycles. The summed E-state index contributed by atoms with van der Waals surface area (Å²) in [7, 11) is 0. The smallest absolute Gasteiger partial charge is 0.430 e. The number of aromatic amines is 1. The maximum atomic E-state index is 14.5. The molecule has 3 heterocycles. The van der Waals surface area contributed by atoms with Crippen molar-refractivity contribution in [1.29, 1.82) is 0 Å². The molecule has 4 rings (SSSR count). The Hall–Kier alpha value is -3.38. The standard InChI is InChI=1S/C21H22ClFN4O2.C2HF3O2/c1-13-9-18-20(28)25-12-15(27(18)19(13)22)10-14-3-4-17(23)16(11-14)21(29)26-7-2-5-24-6-8-26;3-2(4,5)1(6)7/h3-4,9,11-12,24H,2,5-8,10H2,1H3,(H,25,28);(H,6,7). The number of nitrogens with one attached hydrogen (secondary N) is 1. The number of carboxylic acid groups (broad SMARTS) is 1. The monoisotopic (exact) mass is 530 g/mol. The van der Waals surface area contributed by atoms with Crippen LogP contribution in [-0.2, 0) is 11.2 Å². The molecule has 8 nitrogen and oxygen atoms in total. The number of nitrogens with zero attached hydrogens (tertiary/aromatic N) is 2. The normalized spacial score (nSPS) is 14.2. The number of nitrogens with two attached hydrogens (primary N) is 1. The summed E-state index contributed by atoms with van der Waals surface area (Å²) >= 11 is 6.40. The van der Waals surface area contributed by atoms with E-state index >= 15 is 0 Å². The van der Waals surface area contributed by atoms with Gasteiger partial charge in [-0.1, -0.05) is 17.7 Å². The molecular weight excluding hydrogens is 508 g/mol. The number of aromatic nitrogens is 2. The predicted octanol–water partition coefficient (Wildman–Crippen LogP) is 1.03. The van der Waals surface area contributed by atoms with Crippen molar-refractivity contribution >= 4 is 29.0 Å². The summed E-state index contributed by atoms with van der Waals surface area (Å²) in [4.78, 5) is 38.2. The first-order valence-electron chi connectivity index (χ1n) is 11.0. The van der Waals surface area contributed by atoms with E-state index in [1.165, 1.54) is 6.07 Å². The number of carbonyl (C=O) groups excluding carboxylic acids is 2. The Morgan fingerprint density at radius 1 is 1.19 bits per heavy atom. The Morgan fingerprint density at radius 3 is 2.56 bits per heavy atom. The van der Waals surface area contributed by atoms with E-state index in [0.717, 1.165) is 36.3 Å². The lowest BCUT2D eigenvalue weighted by Gasteiger charge is -2.19. The zero-order valence-electron chi connectivity index (χ0n) is 19.1. The van der Waals surface area contributed by atoms with E-state index in [9.17, 15) is 27.2 Å². The third kappa shape index (κ3) is 6.24. The van der Waals surface area contributed by atoms with Crippen molar-refractivity contribution in [3.8, 4) is 0 Å². The number of aryl methyl sites for hydroxylation is 1. The van der Waals surface area contributed by atoms with Crippen molar-refractivity contribution in [2.24, 2.45) is 0 Å².